The second-order valence-corrected chi connectivity index (χ2v) is 6.58. The zero-order chi connectivity index (χ0) is 18.5. The third-order valence-corrected chi connectivity index (χ3v) is 4.79. The Labute approximate surface area is 158 Å². The highest BCUT2D eigenvalue weighted by molar-refractivity contribution is 6.32. The number of ether oxygens (including phenoxy) is 2. The minimum absolute atomic E-state index is 0.469. The van der Waals surface area contributed by atoms with Crippen molar-refractivity contribution in [1.29, 1.82) is 0 Å². The molecular formula is C18H24ClN5O2. The van der Waals surface area contributed by atoms with Crippen LogP contribution in [-0.2, 0) is 0 Å². The zero-order valence-electron chi connectivity index (χ0n) is 15.1. The quantitative estimate of drug-likeness (QED) is 0.818. The van der Waals surface area contributed by atoms with E-state index in [2.05, 4.69) is 20.2 Å². The van der Waals surface area contributed by atoms with E-state index >= 15 is 0 Å². The Bertz CT molecular complexity index is 763. The molecule has 1 fully saturated rings. The Kier molecular flexibility index (Phi) is 5.88. The van der Waals surface area contributed by atoms with Crippen LogP contribution in [0.2, 0.25) is 5.02 Å². The van der Waals surface area contributed by atoms with Gasteiger partial charge in [-0.05, 0) is 18.9 Å². The van der Waals surface area contributed by atoms with Crippen molar-refractivity contribution in [3.05, 3.63) is 23.5 Å². The Hall–Kier alpha value is -2.41. The molecule has 0 unspecified atom stereocenters. The Morgan fingerprint density at radius 2 is 1.73 bits per heavy atom. The van der Waals surface area contributed by atoms with Crippen LogP contribution in [0, 0.1) is 0 Å². The summed E-state index contributed by atoms with van der Waals surface area (Å²) in [4.78, 5) is 10.9. The highest BCUT2D eigenvalue weighted by Crippen LogP contribution is 2.38. The van der Waals surface area contributed by atoms with Gasteiger partial charge in [-0.2, -0.15) is 0 Å². The lowest BCUT2D eigenvalue weighted by molar-refractivity contribution is 0.396. The van der Waals surface area contributed by atoms with Crippen molar-refractivity contribution in [2.24, 2.45) is 0 Å². The smallest absolute Gasteiger partial charge is 0.159 e. The van der Waals surface area contributed by atoms with Crippen molar-refractivity contribution in [1.82, 2.24) is 9.97 Å². The van der Waals surface area contributed by atoms with Gasteiger partial charge >= 0.3 is 0 Å². The molecule has 1 aromatic heterocycles. The summed E-state index contributed by atoms with van der Waals surface area (Å²) in [5.41, 5.74) is 7.55. The molecule has 1 aliphatic rings. The van der Waals surface area contributed by atoms with Crippen LogP contribution in [0.15, 0.2) is 18.5 Å². The molecule has 0 atom stereocenters. The highest BCUT2D eigenvalue weighted by Gasteiger charge is 2.18. The number of benzene rings is 1. The fourth-order valence-electron chi connectivity index (χ4n) is 3.11. The fourth-order valence-corrected chi connectivity index (χ4v) is 3.35. The molecule has 26 heavy (non-hydrogen) atoms. The number of methoxy groups -OCH3 is 2. The number of nitrogens with zero attached hydrogens (tertiary/aromatic N) is 3. The minimum atomic E-state index is 0.469. The molecule has 7 nitrogen and oxygen atoms in total. The molecule has 3 N–H and O–H groups in total. The Morgan fingerprint density at radius 1 is 1.04 bits per heavy atom. The van der Waals surface area contributed by atoms with Gasteiger partial charge in [0.15, 0.2) is 11.6 Å². The maximum atomic E-state index is 6.37. The number of aromatic nitrogens is 2. The van der Waals surface area contributed by atoms with E-state index in [9.17, 15) is 0 Å². The lowest BCUT2D eigenvalue weighted by Crippen LogP contribution is -2.26. The first kappa shape index (κ1) is 18.4. The van der Waals surface area contributed by atoms with Crippen molar-refractivity contribution in [2.75, 3.05) is 43.3 Å². The van der Waals surface area contributed by atoms with Gasteiger partial charge in [-0.25, -0.2) is 9.97 Å². The van der Waals surface area contributed by atoms with E-state index < -0.39 is 0 Å². The monoisotopic (exact) mass is 377 g/mol. The van der Waals surface area contributed by atoms with Gasteiger partial charge < -0.3 is 25.4 Å². The van der Waals surface area contributed by atoms with Crippen LogP contribution in [0.5, 0.6) is 11.5 Å². The molecule has 3 rings (SSSR count). The number of nitrogens with two attached hydrogens (primary N) is 1. The predicted octanol–water partition coefficient (Wildman–Crippen LogP) is 3.85. The van der Waals surface area contributed by atoms with Gasteiger partial charge in [0.2, 0.25) is 0 Å². The molecule has 2 heterocycles. The number of hydrogen-bond acceptors (Lipinski definition) is 7. The van der Waals surface area contributed by atoms with Gasteiger partial charge in [-0.3, -0.25) is 0 Å². The number of anilines is 4. The lowest BCUT2D eigenvalue weighted by atomic mass is 10.2. The zero-order valence-corrected chi connectivity index (χ0v) is 15.8. The number of hydrogen-bond donors (Lipinski definition) is 2. The van der Waals surface area contributed by atoms with Crippen molar-refractivity contribution >= 4 is 34.6 Å². The molecular weight excluding hydrogens is 354 g/mol. The molecule has 2 aromatic rings. The van der Waals surface area contributed by atoms with Crippen molar-refractivity contribution in [2.45, 2.75) is 25.7 Å². The van der Waals surface area contributed by atoms with E-state index in [0.29, 0.717) is 33.7 Å². The molecule has 0 amide bonds. The lowest BCUT2D eigenvalue weighted by Gasteiger charge is -2.23. The molecule has 0 bridgehead atoms. The maximum Gasteiger partial charge on any atom is 0.159 e. The summed E-state index contributed by atoms with van der Waals surface area (Å²) in [6.07, 6.45) is 6.31. The third-order valence-electron chi connectivity index (χ3n) is 4.50. The number of nitrogen functional groups attached to an aromatic ring is 1. The predicted molar refractivity (Wildman–Crippen MR) is 105 cm³/mol. The molecule has 0 aliphatic carbocycles. The number of rotatable bonds is 5. The topological polar surface area (TPSA) is 85.5 Å². The summed E-state index contributed by atoms with van der Waals surface area (Å²) in [5, 5.41) is 3.68. The van der Waals surface area contributed by atoms with Crippen molar-refractivity contribution < 1.29 is 9.47 Å². The molecule has 0 saturated carbocycles. The van der Waals surface area contributed by atoms with Crippen LogP contribution in [0.25, 0.3) is 0 Å². The molecule has 8 heteroatoms. The molecule has 0 spiro atoms. The number of halogens is 1. The van der Waals surface area contributed by atoms with E-state index in [4.69, 9.17) is 26.8 Å². The van der Waals surface area contributed by atoms with Crippen molar-refractivity contribution in [3.8, 4) is 11.5 Å². The Balaban J connectivity index is 1.91. The van der Waals surface area contributed by atoms with Crippen LogP contribution < -0.4 is 25.4 Å². The molecule has 140 valence electrons. The second kappa shape index (κ2) is 8.31. The SMILES string of the molecule is COc1cc(OC)c(Nc2ncnc(N3CCCCCC3)c2N)cc1Cl. The van der Waals surface area contributed by atoms with E-state index in [0.717, 1.165) is 31.7 Å². The third kappa shape index (κ3) is 3.88. The van der Waals surface area contributed by atoms with Crippen molar-refractivity contribution in [3.63, 3.8) is 0 Å². The minimum Gasteiger partial charge on any atom is -0.495 e. The largest absolute Gasteiger partial charge is 0.495 e. The molecule has 1 saturated heterocycles. The first-order valence-corrected chi connectivity index (χ1v) is 9.05. The normalized spacial score (nSPS) is 14.7. The van der Waals surface area contributed by atoms with E-state index in [1.807, 2.05) is 0 Å². The van der Waals surface area contributed by atoms with Crippen LogP contribution >= 0.6 is 11.6 Å². The van der Waals surface area contributed by atoms with E-state index in [-0.39, 0.29) is 0 Å². The molecule has 1 aliphatic heterocycles. The first-order chi connectivity index (χ1) is 12.6. The summed E-state index contributed by atoms with van der Waals surface area (Å²) in [7, 11) is 3.14. The first-order valence-electron chi connectivity index (χ1n) is 8.68. The van der Waals surface area contributed by atoms with Gasteiger partial charge in [0.05, 0.1) is 24.9 Å². The van der Waals surface area contributed by atoms with Crippen LogP contribution in [0.4, 0.5) is 23.0 Å². The van der Waals surface area contributed by atoms with Gasteiger partial charge in [-0.15, -0.1) is 0 Å². The van der Waals surface area contributed by atoms with Crippen LogP contribution in [0.1, 0.15) is 25.7 Å². The summed E-state index contributed by atoms with van der Waals surface area (Å²) >= 11 is 6.24. The summed E-state index contributed by atoms with van der Waals surface area (Å²) in [5.74, 6) is 2.41. The number of nitrogens with one attached hydrogen (secondary N) is 1. The van der Waals surface area contributed by atoms with Gasteiger partial charge in [-0.1, -0.05) is 24.4 Å². The molecule has 1 aromatic carbocycles. The standard InChI is InChI=1S/C18H24ClN5O2/c1-25-14-10-15(26-2)13(9-12(14)19)23-17-16(20)18(22-11-21-17)24-7-5-3-4-6-8-24/h9-11H,3-8,20H2,1-2H3,(H,21,22,23). The summed E-state index contributed by atoms with van der Waals surface area (Å²) in [6, 6.07) is 3.45. The summed E-state index contributed by atoms with van der Waals surface area (Å²) in [6.45, 7) is 1.91. The van der Waals surface area contributed by atoms with Gasteiger partial charge in [0, 0.05) is 19.2 Å². The van der Waals surface area contributed by atoms with Crippen LogP contribution in [0.3, 0.4) is 0 Å². The van der Waals surface area contributed by atoms with E-state index in [1.165, 1.54) is 19.2 Å². The average molecular weight is 378 g/mol. The van der Waals surface area contributed by atoms with Gasteiger partial charge in [0.1, 0.15) is 23.5 Å². The van der Waals surface area contributed by atoms with Crippen LogP contribution in [-0.4, -0.2) is 37.3 Å². The fraction of sp³-hybridized carbons (Fsp3) is 0.444. The van der Waals surface area contributed by atoms with Gasteiger partial charge in [0.25, 0.3) is 0 Å². The Morgan fingerprint density at radius 3 is 2.38 bits per heavy atom. The molecule has 0 radical (unpaired) electrons. The second-order valence-electron chi connectivity index (χ2n) is 6.17. The van der Waals surface area contributed by atoms with E-state index in [1.54, 1.807) is 26.4 Å². The summed E-state index contributed by atoms with van der Waals surface area (Å²) < 4.78 is 10.7. The highest BCUT2D eigenvalue weighted by atomic mass is 35.5. The maximum absolute atomic E-state index is 6.37. The average Bonchev–Trinajstić information content (AvgIpc) is 2.93.